The average Bonchev–Trinajstić information content (AvgIpc) is 3.37. The van der Waals surface area contributed by atoms with Gasteiger partial charge in [-0.2, -0.15) is 18.4 Å². The highest BCUT2D eigenvalue weighted by atomic mass is 32.1. The van der Waals surface area contributed by atoms with Gasteiger partial charge in [0.2, 0.25) is 17.7 Å². The minimum atomic E-state index is -4.80. The molecule has 0 bridgehead atoms. The van der Waals surface area contributed by atoms with Gasteiger partial charge in [0.15, 0.2) is 5.11 Å². The topological polar surface area (TPSA) is 150 Å². The van der Waals surface area contributed by atoms with Crippen molar-refractivity contribution in [3.05, 3.63) is 77.4 Å². The molecule has 3 aliphatic rings. The molecule has 0 aromatic heterocycles. The highest BCUT2D eigenvalue weighted by molar-refractivity contribution is 7.81. The van der Waals surface area contributed by atoms with Crippen molar-refractivity contribution in [1.82, 2.24) is 15.1 Å². The van der Waals surface area contributed by atoms with Gasteiger partial charge < -0.3 is 20.3 Å². The van der Waals surface area contributed by atoms with E-state index in [1.54, 1.807) is 55.1 Å². The number of benzene rings is 3. The molecule has 3 saturated heterocycles. The van der Waals surface area contributed by atoms with Crippen molar-refractivity contribution in [2.75, 3.05) is 46.7 Å². The van der Waals surface area contributed by atoms with Crippen LogP contribution in [0.3, 0.4) is 0 Å². The molecule has 17 heteroatoms. The molecule has 0 saturated carbocycles. The van der Waals surface area contributed by atoms with Gasteiger partial charge in [0.25, 0.3) is 5.91 Å². The number of halogens is 3. The first-order chi connectivity index (χ1) is 28.3. The van der Waals surface area contributed by atoms with Gasteiger partial charge in [0.1, 0.15) is 23.9 Å². The van der Waals surface area contributed by atoms with Crippen LogP contribution in [0.1, 0.15) is 71.1 Å². The molecular formula is C43H49F3N8O5S. The predicted molar refractivity (Wildman–Crippen MR) is 226 cm³/mol. The van der Waals surface area contributed by atoms with Crippen LogP contribution in [-0.2, 0) is 31.8 Å². The molecule has 0 radical (unpaired) electrons. The number of ether oxygens (including phenoxy) is 1. The first kappa shape index (κ1) is 44.0. The van der Waals surface area contributed by atoms with Gasteiger partial charge in [-0.05, 0) is 120 Å². The Balaban J connectivity index is 1.05. The third kappa shape index (κ3) is 9.25. The van der Waals surface area contributed by atoms with E-state index < -0.39 is 34.8 Å². The molecule has 0 aliphatic carbocycles. The fourth-order valence-electron chi connectivity index (χ4n) is 8.05. The number of thiocarbonyl (C=S) groups is 1. The largest absolute Gasteiger partial charge is 0.492 e. The number of nitrogens with zero attached hydrogens (tertiary/aromatic N) is 5. The lowest BCUT2D eigenvalue weighted by atomic mass is 10.0. The van der Waals surface area contributed by atoms with E-state index in [9.17, 15) is 37.6 Å². The summed E-state index contributed by atoms with van der Waals surface area (Å²) in [6.45, 7) is 13.6. The standard InChI is InChI=1S/C43H49F3N8O5S/c1-7-28-17-33(54-41(60)53(40(58)42(54,5)6)32-12-11-29(20-47)34(19-32)43(44,45)46)13-15-36(28)59-24-27(4)51-21-25(2)52(26(3)22-51)23-38(56)49-31-10-8-9-30(18-31)48-35-14-16-37(55)50-39(35)57/h8-13,15,17-19,25-27,35,48H,7,14,16,21-24H2,1-6H3,(H,49,56)(H,50,55,57)/t25-,26+,27-,35?/m0/s1. The molecular weight excluding hydrogens is 798 g/mol. The zero-order valence-electron chi connectivity index (χ0n) is 34.4. The Bertz CT molecular complexity index is 2220. The van der Waals surface area contributed by atoms with Crippen molar-refractivity contribution < 1.29 is 37.1 Å². The molecule has 3 aromatic carbocycles. The van der Waals surface area contributed by atoms with Crippen LogP contribution in [0.4, 0.5) is 35.9 Å². The fraction of sp³-hybridized carbons (Fsp3) is 0.442. The molecule has 0 spiro atoms. The molecule has 4 atom stereocenters. The number of hydrogen-bond donors (Lipinski definition) is 3. The summed E-state index contributed by atoms with van der Waals surface area (Å²) in [7, 11) is 0. The maximum atomic E-state index is 13.8. The number of anilines is 4. The molecule has 13 nitrogen and oxygen atoms in total. The number of carbonyl (C=O) groups is 4. The fourth-order valence-corrected chi connectivity index (χ4v) is 8.57. The summed E-state index contributed by atoms with van der Waals surface area (Å²) in [5.74, 6) is -0.661. The number of nitrogens with one attached hydrogen (secondary N) is 3. The third-order valence-electron chi connectivity index (χ3n) is 11.3. The summed E-state index contributed by atoms with van der Waals surface area (Å²) < 4.78 is 47.8. The molecule has 3 aliphatic heterocycles. The van der Waals surface area contributed by atoms with Gasteiger partial charge in [0.05, 0.1) is 29.4 Å². The van der Waals surface area contributed by atoms with E-state index in [0.717, 1.165) is 22.6 Å². The molecule has 3 heterocycles. The Morgan fingerprint density at radius 3 is 2.37 bits per heavy atom. The number of piperidine rings is 1. The first-order valence-electron chi connectivity index (χ1n) is 19.9. The van der Waals surface area contributed by atoms with Crippen LogP contribution in [0, 0.1) is 11.3 Å². The average molecular weight is 847 g/mol. The highest BCUT2D eigenvalue weighted by Crippen LogP contribution is 2.41. The van der Waals surface area contributed by atoms with Crippen LogP contribution in [0.2, 0.25) is 0 Å². The highest BCUT2D eigenvalue weighted by Gasteiger charge is 2.51. The zero-order chi connectivity index (χ0) is 43.7. The Labute approximate surface area is 352 Å². The molecule has 6 rings (SSSR count). The molecule has 4 amide bonds. The Morgan fingerprint density at radius 1 is 1.03 bits per heavy atom. The van der Waals surface area contributed by atoms with E-state index in [1.165, 1.54) is 6.07 Å². The van der Waals surface area contributed by atoms with Gasteiger partial charge in [-0.15, -0.1) is 0 Å². The summed E-state index contributed by atoms with van der Waals surface area (Å²) in [4.78, 5) is 57.9. The number of amides is 4. The quantitative estimate of drug-likeness (QED) is 0.144. The minimum Gasteiger partial charge on any atom is -0.492 e. The van der Waals surface area contributed by atoms with E-state index in [0.29, 0.717) is 55.3 Å². The van der Waals surface area contributed by atoms with Crippen molar-refractivity contribution in [3.63, 3.8) is 0 Å². The van der Waals surface area contributed by atoms with Crippen LogP contribution in [0.25, 0.3) is 0 Å². The second-order valence-corrected chi connectivity index (χ2v) is 16.4. The van der Waals surface area contributed by atoms with E-state index >= 15 is 0 Å². The summed E-state index contributed by atoms with van der Waals surface area (Å²) in [5, 5.41) is 17.7. The summed E-state index contributed by atoms with van der Waals surface area (Å²) in [5.41, 5.74) is -0.305. The maximum Gasteiger partial charge on any atom is 0.417 e. The summed E-state index contributed by atoms with van der Waals surface area (Å²) >= 11 is 5.74. The van der Waals surface area contributed by atoms with Crippen LogP contribution >= 0.6 is 12.2 Å². The van der Waals surface area contributed by atoms with Gasteiger partial charge in [-0.25, -0.2) is 0 Å². The summed E-state index contributed by atoms with van der Waals surface area (Å²) in [6, 6.07) is 16.9. The smallest absolute Gasteiger partial charge is 0.417 e. The lowest BCUT2D eigenvalue weighted by Crippen LogP contribution is -2.60. The normalized spacial score (nSPS) is 21.7. The monoisotopic (exact) mass is 846 g/mol. The number of aryl methyl sites for hydroxylation is 1. The zero-order valence-corrected chi connectivity index (χ0v) is 35.2. The second-order valence-electron chi connectivity index (χ2n) is 16.1. The van der Waals surface area contributed by atoms with Crippen molar-refractivity contribution >= 4 is 63.7 Å². The number of piperazine rings is 1. The lowest BCUT2D eigenvalue weighted by Gasteiger charge is -2.46. The van der Waals surface area contributed by atoms with E-state index in [1.807, 2.05) is 19.1 Å². The van der Waals surface area contributed by atoms with E-state index in [-0.39, 0.29) is 59.6 Å². The van der Waals surface area contributed by atoms with Crippen molar-refractivity contribution in [2.45, 2.75) is 96.7 Å². The second kappa shape index (κ2) is 17.6. The van der Waals surface area contributed by atoms with Gasteiger partial charge in [0, 0.05) is 54.7 Å². The van der Waals surface area contributed by atoms with Crippen molar-refractivity contribution in [3.8, 4) is 11.8 Å². The number of carbonyl (C=O) groups excluding carboxylic acids is 4. The number of hydrogen-bond acceptors (Lipinski definition) is 10. The van der Waals surface area contributed by atoms with Gasteiger partial charge >= 0.3 is 6.18 Å². The number of rotatable bonds is 12. The Kier molecular flexibility index (Phi) is 12.9. The molecule has 60 heavy (non-hydrogen) atoms. The van der Waals surface area contributed by atoms with E-state index in [4.69, 9.17) is 17.0 Å². The van der Waals surface area contributed by atoms with Crippen LogP contribution in [-0.4, -0.2) is 94.5 Å². The Morgan fingerprint density at radius 2 is 1.72 bits per heavy atom. The SMILES string of the molecule is CCc1cc(N2C(=S)N(c3ccc(C#N)c(C(F)(F)F)c3)C(=O)C2(C)C)ccc1OC[C@H](C)N1C[C@@H](C)N(CC(=O)Nc2cccc(NC3CCC(=O)NC3=O)c2)[C@@H](C)C1. The molecule has 3 fully saturated rings. The van der Waals surface area contributed by atoms with Crippen LogP contribution in [0.15, 0.2) is 60.7 Å². The number of alkyl halides is 3. The predicted octanol–water partition coefficient (Wildman–Crippen LogP) is 6.07. The molecule has 3 N–H and O–H groups in total. The van der Waals surface area contributed by atoms with Crippen molar-refractivity contribution in [1.29, 1.82) is 5.26 Å². The number of imide groups is 1. The van der Waals surface area contributed by atoms with Crippen LogP contribution in [0.5, 0.6) is 5.75 Å². The third-order valence-corrected chi connectivity index (χ3v) is 11.7. The lowest BCUT2D eigenvalue weighted by molar-refractivity contribution is -0.138. The molecule has 1 unspecified atom stereocenters. The van der Waals surface area contributed by atoms with Gasteiger partial charge in [-0.1, -0.05) is 13.0 Å². The molecule has 318 valence electrons. The number of nitriles is 1. The first-order valence-corrected chi connectivity index (χ1v) is 20.3. The van der Waals surface area contributed by atoms with E-state index in [2.05, 4.69) is 46.5 Å². The minimum absolute atomic E-state index is 0.0144. The summed E-state index contributed by atoms with van der Waals surface area (Å²) in [6.07, 6.45) is -3.55. The Hall–Kier alpha value is -5.57. The van der Waals surface area contributed by atoms with Gasteiger partial charge in [-0.3, -0.25) is 39.2 Å². The van der Waals surface area contributed by atoms with Crippen LogP contribution < -0.4 is 30.5 Å². The maximum absolute atomic E-state index is 13.8. The van der Waals surface area contributed by atoms with Crippen molar-refractivity contribution in [2.24, 2.45) is 0 Å². The molecule has 3 aromatic rings.